The molecular weight excluding hydrogens is 639 g/mol. The first-order valence-electron chi connectivity index (χ1n) is 18.6. The van der Waals surface area contributed by atoms with Crippen molar-refractivity contribution in [3.05, 3.63) is 216 Å². The summed E-state index contributed by atoms with van der Waals surface area (Å²) in [5.74, 6) is 0.0660. The van der Waals surface area contributed by atoms with Crippen LogP contribution >= 0.6 is 0 Å². The minimum atomic E-state index is -0.180. The van der Waals surface area contributed by atoms with E-state index in [0.717, 1.165) is 5.56 Å². The van der Waals surface area contributed by atoms with Crippen LogP contribution in [-0.4, -0.2) is 4.57 Å². The predicted octanol–water partition coefficient (Wildman–Crippen LogP) is 13.7. The maximum atomic E-state index is 3.92. The number of hydrogen-bond acceptors (Lipinski definition) is 0. The molecule has 0 spiro atoms. The molecule has 0 N–H and O–H groups in total. The number of rotatable bonds is 6. The molecule has 1 nitrogen and oxygen atoms in total. The van der Waals surface area contributed by atoms with Crippen molar-refractivity contribution in [2.45, 2.75) is 25.2 Å². The molecule has 252 valence electrons. The third kappa shape index (κ3) is 4.92. The van der Waals surface area contributed by atoms with E-state index in [1.807, 2.05) is 6.08 Å². The molecule has 1 heterocycles. The highest BCUT2D eigenvalue weighted by molar-refractivity contribution is 6.09. The molecule has 1 aliphatic carbocycles. The van der Waals surface area contributed by atoms with Gasteiger partial charge in [-0.15, -0.1) is 0 Å². The van der Waals surface area contributed by atoms with Gasteiger partial charge < -0.3 is 4.57 Å². The summed E-state index contributed by atoms with van der Waals surface area (Å²) in [5, 5.41) is 5.13. The predicted molar refractivity (Wildman–Crippen MR) is 225 cm³/mol. The minimum Gasteiger partial charge on any atom is -0.309 e. The monoisotopic (exact) mass is 677 g/mol. The lowest BCUT2D eigenvalue weighted by atomic mass is 9.78. The average molecular weight is 678 g/mol. The van der Waals surface area contributed by atoms with Crippen molar-refractivity contribution in [2.75, 3.05) is 0 Å². The topological polar surface area (TPSA) is 4.93 Å². The van der Waals surface area contributed by atoms with Crippen LogP contribution in [0.4, 0.5) is 0 Å². The molecule has 0 saturated carbocycles. The lowest BCUT2D eigenvalue weighted by molar-refractivity contribution is 0.658. The Morgan fingerprint density at radius 1 is 0.509 bits per heavy atom. The Bertz CT molecular complexity index is 2810. The molecule has 1 aromatic heterocycles. The number of para-hydroxylation sites is 2. The van der Waals surface area contributed by atoms with Gasteiger partial charge in [0.25, 0.3) is 0 Å². The maximum Gasteiger partial charge on any atom is 0.0541 e. The summed E-state index contributed by atoms with van der Waals surface area (Å²) in [5.41, 5.74) is 16.4. The number of fused-ring (bicyclic) bond motifs is 7. The molecule has 0 bridgehead atoms. The van der Waals surface area contributed by atoms with Gasteiger partial charge in [0.1, 0.15) is 0 Å². The first kappa shape index (κ1) is 31.3. The van der Waals surface area contributed by atoms with Gasteiger partial charge in [0.05, 0.1) is 11.0 Å². The Morgan fingerprint density at radius 2 is 1.06 bits per heavy atom. The van der Waals surface area contributed by atoms with E-state index < -0.39 is 0 Å². The van der Waals surface area contributed by atoms with Crippen LogP contribution in [0.5, 0.6) is 0 Å². The van der Waals surface area contributed by atoms with Gasteiger partial charge in [0, 0.05) is 27.8 Å². The van der Waals surface area contributed by atoms with Crippen LogP contribution in [-0.2, 0) is 5.41 Å². The maximum absolute atomic E-state index is 3.92. The lowest BCUT2D eigenvalue weighted by Crippen LogP contribution is -2.16. The number of hydrogen-bond donors (Lipinski definition) is 0. The molecule has 1 heteroatoms. The van der Waals surface area contributed by atoms with Gasteiger partial charge in [-0.3, -0.25) is 0 Å². The first-order chi connectivity index (χ1) is 26.0. The van der Waals surface area contributed by atoms with Crippen LogP contribution in [0.2, 0.25) is 0 Å². The Kier molecular flexibility index (Phi) is 7.13. The Labute approximate surface area is 311 Å². The quantitative estimate of drug-likeness (QED) is 0.154. The third-order valence-corrected chi connectivity index (χ3v) is 11.7. The number of nitrogens with zero attached hydrogens (tertiary/aromatic N) is 1. The highest BCUT2D eigenvalue weighted by atomic mass is 15.0. The minimum absolute atomic E-state index is 0.0660. The third-order valence-electron chi connectivity index (χ3n) is 11.7. The Morgan fingerprint density at radius 3 is 1.74 bits per heavy atom. The molecule has 0 radical (unpaired) electrons. The molecule has 1 aliphatic rings. The molecule has 0 fully saturated rings. The molecule has 0 saturated heterocycles. The summed E-state index contributed by atoms with van der Waals surface area (Å²) in [7, 11) is 0. The molecule has 10 rings (SSSR count). The highest BCUT2D eigenvalue weighted by Gasteiger charge is 2.37. The van der Waals surface area contributed by atoms with E-state index in [0.29, 0.717) is 0 Å². The van der Waals surface area contributed by atoms with E-state index in [1.54, 1.807) is 0 Å². The molecule has 0 amide bonds. The van der Waals surface area contributed by atoms with E-state index >= 15 is 0 Å². The number of benzene rings is 8. The van der Waals surface area contributed by atoms with Crippen LogP contribution in [0.1, 0.15) is 53.1 Å². The summed E-state index contributed by atoms with van der Waals surface area (Å²) in [4.78, 5) is 0. The number of aromatic nitrogens is 1. The van der Waals surface area contributed by atoms with Gasteiger partial charge in [0.2, 0.25) is 0 Å². The van der Waals surface area contributed by atoms with E-state index in [9.17, 15) is 0 Å². The van der Waals surface area contributed by atoms with Crippen LogP contribution in [0.15, 0.2) is 183 Å². The van der Waals surface area contributed by atoms with Crippen molar-refractivity contribution in [2.24, 2.45) is 0 Å². The van der Waals surface area contributed by atoms with Crippen LogP contribution in [0, 0.1) is 0 Å². The summed E-state index contributed by atoms with van der Waals surface area (Å²) in [6, 6.07) is 65.3. The SMILES string of the molecule is C=Cc1ccc(-c2ccc(C(c3ccc4c(c3)C(C)(C)c3cc(-n5c6ccccc6c6ccccc65)ccc3-4)c3cccc4ccccc34)cc2)cc1. The Hall–Kier alpha value is -6.44. The normalized spacial score (nSPS) is 13.6. The summed E-state index contributed by atoms with van der Waals surface area (Å²) >= 11 is 0. The second-order valence-corrected chi connectivity index (χ2v) is 15.0. The molecule has 1 atom stereocenters. The molecule has 1 unspecified atom stereocenters. The van der Waals surface area contributed by atoms with E-state index in [4.69, 9.17) is 0 Å². The van der Waals surface area contributed by atoms with Crippen molar-refractivity contribution >= 4 is 38.7 Å². The summed E-state index contributed by atoms with van der Waals surface area (Å²) < 4.78 is 2.43. The van der Waals surface area contributed by atoms with Crippen molar-refractivity contribution in [3.63, 3.8) is 0 Å². The second-order valence-electron chi connectivity index (χ2n) is 15.0. The molecule has 53 heavy (non-hydrogen) atoms. The first-order valence-corrected chi connectivity index (χ1v) is 18.6. The average Bonchev–Trinajstić information content (AvgIpc) is 3.66. The van der Waals surface area contributed by atoms with Gasteiger partial charge in [-0.2, -0.15) is 0 Å². The largest absolute Gasteiger partial charge is 0.309 e. The van der Waals surface area contributed by atoms with E-state index in [1.165, 1.54) is 88.3 Å². The fourth-order valence-corrected chi connectivity index (χ4v) is 9.00. The van der Waals surface area contributed by atoms with Crippen molar-refractivity contribution in [1.82, 2.24) is 4.57 Å². The molecule has 8 aromatic carbocycles. The van der Waals surface area contributed by atoms with Crippen molar-refractivity contribution in [3.8, 4) is 27.9 Å². The van der Waals surface area contributed by atoms with Gasteiger partial charge >= 0.3 is 0 Å². The van der Waals surface area contributed by atoms with Gasteiger partial charge in [0.15, 0.2) is 0 Å². The van der Waals surface area contributed by atoms with Crippen LogP contribution in [0.25, 0.3) is 66.6 Å². The van der Waals surface area contributed by atoms with Gasteiger partial charge in [-0.1, -0.05) is 178 Å². The van der Waals surface area contributed by atoms with Gasteiger partial charge in [-0.25, -0.2) is 0 Å². The standard InChI is InChI=1S/C52H39N/c1-4-34-20-22-35(23-21-34)36-24-26-38(27-25-36)51(46-17-11-13-37-12-5-6-14-41(37)46)39-28-30-42-43-31-29-40(33-48(43)52(2,3)47(42)32-39)53-49-18-9-7-15-44(49)45-16-8-10-19-50(45)53/h4-33,51H,1H2,2-3H3. The summed E-state index contributed by atoms with van der Waals surface area (Å²) in [6.45, 7) is 8.72. The molecular formula is C52H39N. The van der Waals surface area contributed by atoms with Crippen molar-refractivity contribution < 1.29 is 0 Å². The fourth-order valence-electron chi connectivity index (χ4n) is 9.00. The zero-order chi connectivity index (χ0) is 35.7. The summed E-state index contributed by atoms with van der Waals surface area (Å²) in [6.07, 6.45) is 1.89. The highest BCUT2D eigenvalue weighted by Crippen LogP contribution is 2.51. The fraction of sp³-hybridized carbons (Fsp3) is 0.0769. The second kappa shape index (κ2) is 12.1. The zero-order valence-electron chi connectivity index (χ0n) is 30.1. The van der Waals surface area contributed by atoms with Crippen LogP contribution < -0.4 is 0 Å². The molecule has 0 aliphatic heterocycles. The molecule has 9 aromatic rings. The van der Waals surface area contributed by atoms with E-state index in [2.05, 4.69) is 201 Å². The van der Waals surface area contributed by atoms with Crippen molar-refractivity contribution in [1.29, 1.82) is 0 Å². The zero-order valence-corrected chi connectivity index (χ0v) is 30.1. The van der Waals surface area contributed by atoms with Crippen LogP contribution in [0.3, 0.4) is 0 Å². The van der Waals surface area contributed by atoms with E-state index in [-0.39, 0.29) is 11.3 Å². The Balaban J connectivity index is 1.10. The smallest absolute Gasteiger partial charge is 0.0541 e. The van der Waals surface area contributed by atoms with Gasteiger partial charge in [-0.05, 0) is 90.7 Å². The lowest BCUT2D eigenvalue weighted by Gasteiger charge is -2.25.